The fourth-order valence-corrected chi connectivity index (χ4v) is 4.56. The second-order valence-corrected chi connectivity index (χ2v) is 8.08. The summed E-state index contributed by atoms with van der Waals surface area (Å²) in [5, 5.41) is 3.93. The zero-order valence-corrected chi connectivity index (χ0v) is 14.4. The summed E-state index contributed by atoms with van der Waals surface area (Å²) in [5.74, 6) is 1.32. The van der Waals surface area contributed by atoms with Crippen LogP contribution in [0.15, 0.2) is 23.1 Å². The van der Waals surface area contributed by atoms with Gasteiger partial charge in [0.15, 0.2) is 0 Å². The number of aromatic nitrogens is 4. The molecule has 1 fully saturated rings. The SMILES string of the molecule is CCCS(=O)(=O)N1CCCC(Cc2nc(-c3cnccn3)no2)C1. The summed E-state index contributed by atoms with van der Waals surface area (Å²) < 4.78 is 31.4. The van der Waals surface area contributed by atoms with Crippen molar-refractivity contribution in [3.05, 3.63) is 24.5 Å². The van der Waals surface area contributed by atoms with Crippen LogP contribution in [0.4, 0.5) is 0 Å². The summed E-state index contributed by atoms with van der Waals surface area (Å²) in [5.41, 5.74) is 0.559. The maximum atomic E-state index is 12.2. The Kier molecular flexibility index (Phi) is 5.20. The Morgan fingerprint density at radius 2 is 2.25 bits per heavy atom. The number of hydrogen-bond donors (Lipinski definition) is 0. The lowest BCUT2D eigenvalue weighted by Gasteiger charge is -2.31. The van der Waals surface area contributed by atoms with Crippen molar-refractivity contribution < 1.29 is 12.9 Å². The van der Waals surface area contributed by atoms with E-state index in [1.165, 1.54) is 0 Å². The number of piperidine rings is 1. The Bertz CT molecular complexity index is 762. The summed E-state index contributed by atoms with van der Waals surface area (Å²) in [6.45, 7) is 3.00. The molecule has 0 amide bonds. The van der Waals surface area contributed by atoms with Crippen LogP contribution in [0.3, 0.4) is 0 Å². The fourth-order valence-electron chi connectivity index (χ4n) is 2.94. The largest absolute Gasteiger partial charge is 0.339 e. The average molecular weight is 351 g/mol. The van der Waals surface area contributed by atoms with E-state index in [9.17, 15) is 8.42 Å². The quantitative estimate of drug-likeness (QED) is 0.777. The van der Waals surface area contributed by atoms with E-state index in [4.69, 9.17) is 4.52 Å². The maximum absolute atomic E-state index is 12.2. The van der Waals surface area contributed by atoms with Crippen LogP contribution >= 0.6 is 0 Å². The van der Waals surface area contributed by atoms with Gasteiger partial charge in [-0.1, -0.05) is 12.1 Å². The molecule has 0 bridgehead atoms. The first-order chi connectivity index (χ1) is 11.6. The molecule has 0 aliphatic carbocycles. The van der Waals surface area contributed by atoms with E-state index in [0.29, 0.717) is 43.3 Å². The van der Waals surface area contributed by atoms with Crippen LogP contribution in [-0.4, -0.2) is 51.7 Å². The Morgan fingerprint density at radius 1 is 1.38 bits per heavy atom. The van der Waals surface area contributed by atoms with Gasteiger partial charge in [-0.15, -0.1) is 0 Å². The Labute approximate surface area is 141 Å². The molecule has 1 aliphatic rings. The van der Waals surface area contributed by atoms with Crippen LogP contribution in [0, 0.1) is 5.92 Å². The maximum Gasteiger partial charge on any atom is 0.227 e. The van der Waals surface area contributed by atoms with Gasteiger partial charge in [-0.2, -0.15) is 4.98 Å². The molecule has 1 atom stereocenters. The molecule has 2 aromatic heterocycles. The van der Waals surface area contributed by atoms with Crippen LogP contribution in [0.25, 0.3) is 11.5 Å². The fraction of sp³-hybridized carbons (Fsp3) is 0.600. The molecule has 24 heavy (non-hydrogen) atoms. The monoisotopic (exact) mass is 351 g/mol. The van der Waals surface area contributed by atoms with E-state index in [-0.39, 0.29) is 11.7 Å². The van der Waals surface area contributed by atoms with Crippen LogP contribution in [0.2, 0.25) is 0 Å². The zero-order chi connectivity index (χ0) is 17.0. The van der Waals surface area contributed by atoms with Gasteiger partial charge in [0.25, 0.3) is 0 Å². The van der Waals surface area contributed by atoms with Crippen molar-refractivity contribution in [2.24, 2.45) is 5.92 Å². The normalized spacial score (nSPS) is 19.5. The summed E-state index contributed by atoms with van der Waals surface area (Å²) in [4.78, 5) is 12.5. The first-order valence-electron chi connectivity index (χ1n) is 8.15. The van der Waals surface area contributed by atoms with Gasteiger partial charge in [-0.05, 0) is 25.2 Å². The van der Waals surface area contributed by atoms with E-state index in [2.05, 4.69) is 20.1 Å². The predicted octanol–water partition coefficient (Wildman–Crippen LogP) is 1.52. The number of nitrogens with zero attached hydrogens (tertiary/aromatic N) is 5. The van der Waals surface area contributed by atoms with E-state index in [1.54, 1.807) is 22.9 Å². The smallest absolute Gasteiger partial charge is 0.227 e. The third-order valence-corrected chi connectivity index (χ3v) is 6.10. The van der Waals surface area contributed by atoms with Crippen molar-refractivity contribution in [1.82, 2.24) is 24.4 Å². The highest BCUT2D eigenvalue weighted by atomic mass is 32.2. The third kappa shape index (κ3) is 3.96. The molecule has 130 valence electrons. The first kappa shape index (κ1) is 17.0. The zero-order valence-electron chi connectivity index (χ0n) is 13.6. The van der Waals surface area contributed by atoms with Crippen LogP contribution in [0.1, 0.15) is 32.1 Å². The average Bonchev–Trinajstić information content (AvgIpc) is 3.04. The van der Waals surface area contributed by atoms with E-state index < -0.39 is 10.0 Å². The molecule has 0 radical (unpaired) electrons. The van der Waals surface area contributed by atoms with Crippen molar-refractivity contribution >= 4 is 10.0 Å². The van der Waals surface area contributed by atoms with E-state index in [1.807, 2.05) is 6.92 Å². The van der Waals surface area contributed by atoms with Gasteiger partial charge in [0.2, 0.25) is 21.7 Å². The summed E-state index contributed by atoms with van der Waals surface area (Å²) in [6, 6.07) is 0. The molecule has 0 spiro atoms. The molecule has 1 unspecified atom stereocenters. The molecule has 8 nitrogen and oxygen atoms in total. The number of rotatable bonds is 6. The molecule has 0 N–H and O–H groups in total. The lowest BCUT2D eigenvalue weighted by atomic mass is 9.96. The van der Waals surface area contributed by atoms with E-state index >= 15 is 0 Å². The third-order valence-electron chi connectivity index (χ3n) is 4.06. The molecular weight excluding hydrogens is 330 g/mol. The summed E-state index contributed by atoms with van der Waals surface area (Å²) >= 11 is 0. The van der Waals surface area contributed by atoms with Crippen molar-refractivity contribution in [2.45, 2.75) is 32.6 Å². The van der Waals surface area contributed by atoms with Crippen molar-refractivity contribution in [1.29, 1.82) is 0 Å². The molecule has 1 saturated heterocycles. The van der Waals surface area contributed by atoms with Gasteiger partial charge in [0, 0.05) is 31.9 Å². The van der Waals surface area contributed by atoms with Crippen LogP contribution in [0.5, 0.6) is 0 Å². The molecular formula is C15H21N5O3S. The highest BCUT2D eigenvalue weighted by Gasteiger charge is 2.29. The summed E-state index contributed by atoms with van der Waals surface area (Å²) in [7, 11) is -3.15. The van der Waals surface area contributed by atoms with Gasteiger partial charge >= 0.3 is 0 Å². The summed E-state index contributed by atoms with van der Waals surface area (Å²) in [6.07, 6.45) is 7.76. The second kappa shape index (κ2) is 7.35. The molecule has 0 aromatic carbocycles. The molecule has 1 aliphatic heterocycles. The Morgan fingerprint density at radius 3 is 3.00 bits per heavy atom. The highest BCUT2D eigenvalue weighted by molar-refractivity contribution is 7.89. The Hall–Kier alpha value is -1.87. The number of sulfonamides is 1. The lowest BCUT2D eigenvalue weighted by Crippen LogP contribution is -2.41. The predicted molar refractivity (Wildman–Crippen MR) is 87.4 cm³/mol. The van der Waals surface area contributed by atoms with Crippen molar-refractivity contribution in [3.8, 4) is 11.5 Å². The van der Waals surface area contributed by atoms with Crippen LogP contribution in [-0.2, 0) is 16.4 Å². The van der Waals surface area contributed by atoms with E-state index in [0.717, 1.165) is 12.8 Å². The van der Waals surface area contributed by atoms with Gasteiger partial charge in [0.1, 0.15) is 5.69 Å². The van der Waals surface area contributed by atoms with Gasteiger partial charge in [-0.3, -0.25) is 4.98 Å². The standard InChI is InChI=1S/C15H21N5O3S/c1-2-8-24(21,22)20-7-3-4-12(11-20)9-14-18-15(19-23-14)13-10-16-5-6-17-13/h5-6,10,12H,2-4,7-9,11H2,1H3. The second-order valence-electron chi connectivity index (χ2n) is 5.99. The minimum absolute atomic E-state index is 0.195. The molecule has 0 saturated carbocycles. The van der Waals surface area contributed by atoms with Crippen LogP contribution < -0.4 is 0 Å². The Balaban J connectivity index is 1.65. The molecule has 3 rings (SSSR count). The minimum Gasteiger partial charge on any atom is -0.339 e. The lowest BCUT2D eigenvalue weighted by molar-refractivity contribution is 0.247. The molecule has 2 aromatic rings. The molecule has 9 heteroatoms. The first-order valence-corrected chi connectivity index (χ1v) is 9.76. The van der Waals surface area contributed by atoms with Gasteiger partial charge in [0.05, 0.1) is 11.9 Å². The molecule has 3 heterocycles. The van der Waals surface area contributed by atoms with Gasteiger partial charge < -0.3 is 4.52 Å². The number of hydrogen-bond acceptors (Lipinski definition) is 7. The topological polar surface area (TPSA) is 102 Å². The van der Waals surface area contributed by atoms with Crippen molar-refractivity contribution in [2.75, 3.05) is 18.8 Å². The highest BCUT2D eigenvalue weighted by Crippen LogP contribution is 2.23. The van der Waals surface area contributed by atoms with Gasteiger partial charge in [-0.25, -0.2) is 17.7 Å². The van der Waals surface area contributed by atoms with Crippen molar-refractivity contribution in [3.63, 3.8) is 0 Å². The minimum atomic E-state index is -3.15.